The summed E-state index contributed by atoms with van der Waals surface area (Å²) >= 11 is 0. The topological polar surface area (TPSA) is 64.4 Å². The van der Waals surface area contributed by atoms with Gasteiger partial charge in [-0.25, -0.2) is 8.78 Å². The van der Waals surface area contributed by atoms with Crippen LogP contribution >= 0.6 is 0 Å². The van der Waals surface area contributed by atoms with Crippen LogP contribution in [0.25, 0.3) is 0 Å². The first kappa shape index (κ1) is 18.6. The van der Waals surface area contributed by atoms with Crippen molar-refractivity contribution in [3.8, 4) is 5.75 Å². The minimum absolute atomic E-state index is 0.0417. The van der Waals surface area contributed by atoms with Crippen LogP contribution in [0, 0.1) is 32.4 Å². The third kappa shape index (κ3) is 4.13. The lowest BCUT2D eigenvalue weighted by molar-refractivity contribution is 0.101. The highest BCUT2D eigenvalue weighted by Gasteiger charge is 2.21. The molecule has 1 N–H and O–H groups in total. The SMILES string of the molecule is Cc1ccc(OCc2c(C(=O)Nc3cc(F)ccc3F)noc2C)cc1C. The Balaban J connectivity index is 1.78. The summed E-state index contributed by atoms with van der Waals surface area (Å²) in [5.41, 5.74) is 2.33. The van der Waals surface area contributed by atoms with Gasteiger partial charge in [-0.15, -0.1) is 0 Å². The summed E-state index contributed by atoms with van der Waals surface area (Å²) in [4.78, 5) is 12.4. The fourth-order valence-electron chi connectivity index (χ4n) is 2.47. The van der Waals surface area contributed by atoms with Crippen LogP contribution in [0.1, 0.15) is 32.9 Å². The molecule has 0 atom stereocenters. The van der Waals surface area contributed by atoms with E-state index in [9.17, 15) is 13.6 Å². The third-order valence-electron chi connectivity index (χ3n) is 4.24. The zero-order valence-electron chi connectivity index (χ0n) is 15.1. The number of carbonyl (C=O) groups excluding carboxylic acids is 1. The molecule has 5 nitrogen and oxygen atoms in total. The highest BCUT2D eigenvalue weighted by Crippen LogP contribution is 2.22. The molecule has 0 radical (unpaired) electrons. The van der Waals surface area contributed by atoms with Crippen molar-refractivity contribution >= 4 is 11.6 Å². The van der Waals surface area contributed by atoms with E-state index in [1.165, 1.54) is 0 Å². The maximum absolute atomic E-state index is 13.7. The van der Waals surface area contributed by atoms with E-state index in [1.54, 1.807) is 6.92 Å². The summed E-state index contributed by atoms with van der Waals surface area (Å²) < 4.78 is 37.8. The monoisotopic (exact) mass is 372 g/mol. The molecule has 2 aromatic carbocycles. The zero-order chi connectivity index (χ0) is 19.6. The summed E-state index contributed by atoms with van der Waals surface area (Å²) in [5, 5.41) is 6.03. The van der Waals surface area contributed by atoms with Gasteiger partial charge in [-0.05, 0) is 56.2 Å². The number of aryl methyl sites for hydroxylation is 3. The van der Waals surface area contributed by atoms with E-state index in [0.29, 0.717) is 17.1 Å². The normalized spacial score (nSPS) is 10.7. The average molecular weight is 372 g/mol. The van der Waals surface area contributed by atoms with Crippen molar-refractivity contribution < 1.29 is 22.8 Å². The zero-order valence-corrected chi connectivity index (χ0v) is 15.1. The second-order valence-electron chi connectivity index (χ2n) is 6.18. The van der Waals surface area contributed by atoms with E-state index in [1.807, 2.05) is 32.0 Å². The number of anilines is 1. The molecule has 0 unspecified atom stereocenters. The van der Waals surface area contributed by atoms with Gasteiger partial charge in [0.15, 0.2) is 5.69 Å². The number of rotatable bonds is 5. The number of ether oxygens (including phenoxy) is 1. The van der Waals surface area contributed by atoms with Gasteiger partial charge >= 0.3 is 0 Å². The smallest absolute Gasteiger partial charge is 0.278 e. The molecular weight excluding hydrogens is 354 g/mol. The molecule has 140 valence electrons. The molecular formula is C20H18F2N2O3. The minimum atomic E-state index is -0.752. The highest BCUT2D eigenvalue weighted by atomic mass is 19.1. The number of amides is 1. The van der Waals surface area contributed by atoms with Crippen LogP contribution in [0.5, 0.6) is 5.75 Å². The van der Waals surface area contributed by atoms with Gasteiger partial charge in [0.05, 0.1) is 11.3 Å². The van der Waals surface area contributed by atoms with Crippen molar-refractivity contribution in [3.63, 3.8) is 0 Å². The van der Waals surface area contributed by atoms with Crippen molar-refractivity contribution in [2.45, 2.75) is 27.4 Å². The van der Waals surface area contributed by atoms with Crippen LogP contribution in [0.2, 0.25) is 0 Å². The number of halogens is 2. The van der Waals surface area contributed by atoms with E-state index in [2.05, 4.69) is 10.5 Å². The Morgan fingerprint density at radius 2 is 1.89 bits per heavy atom. The van der Waals surface area contributed by atoms with Gasteiger partial charge in [0, 0.05) is 6.07 Å². The van der Waals surface area contributed by atoms with Crippen LogP contribution in [-0.2, 0) is 6.61 Å². The summed E-state index contributed by atoms with van der Waals surface area (Å²) in [6, 6.07) is 8.45. The molecule has 0 bridgehead atoms. The van der Waals surface area contributed by atoms with Crippen LogP contribution in [0.4, 0.5) is 14.5 Å². The Bertz CT molecular complexity index is 999. The molecule has 1 amide bonds. The molecule has 0 aliphatic rings. The molecule has 3 aromatic rings. The Hall–Kier alpha value is -3.22. The van der Waals surface area contributed by atoms with E-state index in [0.717, 1.165) is 29.3 Å². The van der Waals surface area contributed by atoms with Crippen molar-refractivity contribution in [1.82, 2.24) is 5.16 Å². The minimum Gasteiger partial charge on any atom is -0.489 e. The van der Waals surface area contributed by atoms with E-state index in [4.69, 9.17) is 9.26 Å². The number of nitrogens with one attached hydrogen (secondary N) is 1. The Morgan fingerprint density at radius 3 is 2.63 bits per heavy atom. The summed E-state index contributed by atoms with van der Waals surface area (Å²) in [6.07, 6.45) is 0. The van der Waals surface area contributed by atoms with E-state index < -0.39 is 17.5 Å². The summed E-state index contributed by atoms with van der Waals surface area (Å²) in [7, 11) is 0. The largest absolute Gasteiger partial charge is 0.489 e. The molecule has 27 heavy (non-hydrogen) atoms. The Labute approximate surface area is 154 Å². The Morgan fingerprint density at radius 1 is 1.11 bits per heavy atom. The molecule has 0 spiro atoms. The fourth-order valence-corrected chi connectivity index (χ4v) is 2.47. The maximum Gasteiger partial charge on any atom is 0.278 e. The first-order chi connectivity index (χ1) is 12.8. The lowest BCUT2D eigenvalue weighted by Crippen LogP contribution is -2.16. The van der Waals surface area contributed by atoms with E-state index in [-0.39, 0.29) is 18.0 Å². The van der Waals surface area contributed by atoms with Crippen LogP contribution in [0.3, 0.4) is 0 Å². The molecule has 0 aliphatic heterocycles. The van der Waals surface area contributed by atoms with Gasteiger partial charge in [0.1, 0.15) is 29.8 Å². The maximum atomic E-state index is 13.7. The number of benzene rings is 2. The second-order valence-corrected chi connectivity index (χ2v) is 6.18. The summed E-state index contributed by atoms with van der Waals surface area (Å²) in [6.45, 7) is 5.66. The third-order valence-corrected chi connectivity index (χ3v) is 4.24. The van der Waals surface area contributed by atoms with Gasteiger partial charge in [-0.2, -0.15) is 0 Å². The molecule has 7 heteroatoms. The van der Waals surface area contributed by atoms with Gasteiger partial charge < -0.3 is 14.6 Å². The van der Waals surface area contributed by atoms with Crippen LogP contribution in [0.15, 0.2) is 40.9 Å². The molecule has 0 fully saturated rings. The lowest BCUT2D eigenvalue weighted by Gasteiger charge is -2.09. The molecule has 1 heterocycles. The standard InChI is InChI=1S/C20H18F2N2O3/c1-11-4-6-15(8-12(11)2)26-10-16-13(3)27-24-19(16)20(25)23-18-9-14(21)5-7-17(18)22/h4-9H,10H2,1-3H3,(H,23,25). The van der Waals surface area contributed by atoms with Gasteiger partial charge in [-0.1, -0.05) is 11.2 Å². The average Bonchev–Trinajstić information content (AvgIpc) is 3.00. The predicted octanol–water partition coefficient (Wildman–Crippen LogP) is 4.71. The van der Waals surface area contributed by atoms with Gasteiger partial charge in [0.2, 0.25) is 0 Å². The first-order valence-electron chi connectivity index (χ1n) is 8.26. The lowest BCUT2D eigenvalue weighted by atomic mass is 10.1. The summed E-state index contributed by atoms with van der Waals surface area (Å²) in [5.74, 6) is -1.08. The second kappa shape index (κ2) is 7.57. The van der Waals surface area contributed by atoms with Crippen LogP contribution < -0.4 is 10.1 Å². The quantitative estimate of drug-likeness (QED) is 0.704. The van der Waals surface area contributed by atoms with Crippen molar-refractivity contribution in [2.75, 3.05) is 5.32 Å². The molecule has 0 saturated heterocycles. The Kier molecular flexibility index (Phi) is 5.21. The van der Waals surface area contributed by atoms with Crippen molar-refractivity contribution in [3.05, 3.63) is 76.2 Å². The van der Waals surface area contributed by atoms with Crippen LogP contribution in [-0.4, -0.2) is 11.1 Å². The molecule has 0 aliphatic carbocycles. The van der Waals surface area contributed by atoms with Gasteiger partial charge in [0.25, 0.3) is 5.91 Å². The molecule has 1 aromatic heterocycles. The first-order valence-corrected chi connectivity index (χ1v) is 8.26. The van der Waals surface area contributed by atoms with Crippen molar-refractivity contribution in [1.29, 1.82) is 0 Å². The highest BCUT2D eigenvalue weighted by molar-refractivity contribution is 6.03. The number of carbonyl (C=O) groups is 1. The fraction of sp³-hybridized carbons (Fsp3) is 0.200. The van der Waals surface area contributed by atoms with Crippen molar-refractivity contribution in [2.24, 2.45) is 0 Å². The van der Waals surface area contributed by atoms with E-state index >= 15 is 0 Å². The number of hydrogen-bond acceptors (Lipinski definition) is 4. The predicted molar refractivity (Wildman–Crippen MR) is 95.8 cm³/mol. The molecule has 0 saturated carbocycles. The van der Waals surface area contributed by atoms with Gasteiger partial charge in [-0.3, -0.25) is 4.79 Å². The number of nitrogens with zero attached hydrogens (tertiary/aromatic N) is 1. The number of hydrogen-bond donors (Lipinski definition) is 1. The number of aromatic nitrogens is 1. The molecule has 3 rings (SSSR count).